The minimum atomic E-state index is -0.369. The first-order valence-corrected chi connectivity index (χ1v) is 12.4. The second-order valence-corrected chi connectivity index (χ2v) is 9.77. The van der Waals surface area contributed by atoms with E-state index in [0.717, 1.165) is 52.1 Å². The molecule has 0 aliphatic carbocycles. The van der Waals surface area contributed by atoms with E-state index in [0.29, 0.717) is 18.4 Å². The van der Waals surface area contributed by atoms with Gasteiger partial charge >= 0.3 is 0 Å². The summed E-state index contributed by atoms with van der Waals surface area (Å²) in [5.74, 6) is 0.949. The number of aromatic nitrogens is 1. The maximum atomic E-state index is 10.0. The standard InChI is InChI=1S/C25H36N4O2S/c1-21(2)25(20-26,23-8-6-17-32-23)10-7-12-28-13-15-29(16-14-28)18-22(19-30-3)31-24-9-4-5-11-27-24/h4-6,8-9,11,17,21-22H,7,10,12-16,18-19H2,1-3H3/t22-,25?/m0/s1. The number of piperazine rings is 1. The highest BCUT2D eigenvalue weighted by molar-refractivity contribution is 7.10. The number of nitriles is 1. The van der Waals surface area contributed by atoms with Crippen molar-refractivity contribution in [2.75, 3.05) is 53.0 Å². The first kappa shape index (κ1) is 24.7. The maximum Gasteiger partial charge on any atom is 0.213 e. The summed E-state index contributed by atoms with van der Waals surface area (Å²) in [5, 5.41) is 12.1. The Balaban J connectivity index is 1.44. The van der Waals surface area contributed by atoms with Gasteiger partial charge in [0.25, 0.3) is 0 Å². The lowest BCUT2D eigenvalue weighted by atomic mass is 9.73. The van der Waals surface area contributed by atoms with Gasteiger partial charge in [-0.3, -0.25) is 4.90 Å². The van der Waals surface area contributed by atoms with Crippen molar-refractivity contribution in [2.45, 2.75) is 38.2 Å². The van der Waals surface area contributed by atoms with Crippen LogP contribution in [0.25, 0.3) is 0 Å². The summed E-state index contributed by atoms with van der Waals surface area (Å²) >= 11 is 1.71. The van der Waals surface area contributed by atoms with Gasteiger partial charge in [-0.1, -0.05) is 26.0 Å². The maximum absolute atomic E-state index is 10.0. The van der Waals surface area contributed by atoms with Crippen molar-refractivity contribution >= 4 is 11.3 Å². The molecule has 1 unspecified atom stereocenters. The molecule has 1 fully saturated rings. The van der Waals surface area contributed by atoms with Crippen LogP contribution in [0.5, 0.6) is 5.88 Å². The van der Waals surface area contributed by atoms with E-state index in [2.05, 4.69) is 52.2 Å². The van der Waals surface area contributed by atoms with Gasteiger partial charge in [0.2, 0.25) is 5.88 Å². The number of thiophene rings is 1. The van der Waals surface area contributed by atoms with Crippen molar-refractivity contribution in [3.8, 4) is 11.9 Å². The molecular formula is C25H36N4O2S. The molecule has 2 aromatic rings. The topological polar surface area (TPSA) is 61.6 Å². The molecule has 0 radical (unpaired) electrons. The fraction of sp³-hybridized carbons (Fsp3) is 0.600. The smallest absolute Gasteiger partial charge is 0.213 e. The predicted octanol–water partition coefficient (Wildman–Crippen LogP) is 4.05. The first-order valence-electron chi connectivity index (χ1n) is 11.5. The minimum absolute atomic E-state index is 0.0328. The Morgan fingerprint density at radius 3 is 2.53 bits per heavy atom. The zero-order valence-corrected chi connectivity index (χ0v) is 20.4. The fourth-order valence-electron chi connectivity index (χ4n) is 4.43. The molecule has 2 aromatic heterocycles. The molecule has 0 N–H and O–H groups in total. The van der Waals surface area contributed by atoms with Gasteiger partial charge in [0.1, 0.15) is 6.10 Å². The number of hydrogen-bond acceptors (Lipinski definition) is 7. The van der Waals surface area contributed by atoms with Crippen molar-refractivity contribution in [3.63, 3.8) is 0 Å². The van der Waals surface area contributed by atoms with Gasteiger partial charge < -0.3 is 14.4 Å². The summed E-state index contributed by atoms with van der Waals surface area (Å²) in [6.07, 6.45) is 3.67. The molecule has 0 spiro atoms. The van der Waals surface area contributed by atoms with Crippen LogP contribution in [0.3, 0.4) is 0 Å². The monoisotopic (exact) mass is 456 g/mol. The molecule has 0 saturated carbocycles. The molecule has 0 amide bonds. The molecule has 3 heterocycles. The molecule has 0 aromatic carbocycles. The quantitative estimate of drug-likeness (QED) is 0.480. The summed E-state index contributed by atoms with van der Waals surface area (Å²) < 4.78 is 11.4. The Hall–Kier alpha value is -1.98. The Kier molecular flexibility index (Phi) is 9.49. The van der Waals surface area contributed by atoms with Crippen molar-refractivity contribution in [2.24, 2.45) is 5.92 Å². The Labute approximate surface area is 196 Å². The molecule has 1 aliphatic rings. The lowest BCUT2D eigenvalue weighted by Gasteiger charge is -2.37. The van der Waals surface area contributed by atoms with Crippen molar-refractivity contribution < 1.29 is 9.47 Å². The number of rotatable bonds is 12. The van der Waals surface area contributed by atoms with Crippen LogP contribution in [0.2, 0.25) is 0 Å². The van der Waals surface area contributed by atoms with Crippen LogP contribution >= 0.6 is 11.3 Å². The van der Waals surface area contributed by atoms with Crippen molar-refractivity contribution in [3.05, 3.63) is 46.8 Å². The van der Waals surface area contributed by atoms with Gasteiger partial charge in [-0.05, 0) is 42.8 Å². The summed E-state index contributed by atoms with van der Waals surface area (Å²) in [4.78, 5) is 10.4. The number of hydrogen-bond donors (Lipinski definition) is 0. The highest BCUT2D eigenvalue weighted by atomic mass is 32.1. The number of nitrogens with zero attached hydrogens (tertiary/aromatic N) is 4. The summed E-state index contributed by atoms with van der Waals surface area (Å²) in [7, 11) is 1.71. The highest BCUT2D eigenvalue weighted by Crippen LogP contribution is 2.39. The zero-order valence-electron chi connectivity index (χ0n) is 19.6. The van der Waals surface area contributed by atoms with E-state index in [9.17, 15) is 5.26 Å². The second kappa shape index (κ2) is 12.3. The third-order valence-corrected chi connectivity index (χ3v) is 7.44. The predicted molar refractivity (Wildman–Crippen MR) is 129 cm³/mol. The van der Waals surface area contributed by atoms with Gasteiger partial charge in [0.15, 0.2) is 0 Å². The van der Waals surface area contributed by atoms with E-state index in [1.165, 1.54) is 4.88 Å². The van der Waals surface area contributed by atoms with E-state index < -0.39 is 0 Å². The van der Waals surface area contributed by atoms with Gasteiger partial charge in [-0.2, -0.15) is 5.26 Å². The molecule has 174 valence electrons. The summed E-state index contributed by atoms with van der Waals surface area (Å²) in [6, 6.07) is 12.6. The van der Waals surface area contributed by atoms with E-state index in [1.807, 2.05) is 18.2 Å². The number of methoxy groups -OCH3 is 1. The molecule has 7 heteroatoms. The molecule has 0 bridgehead atoms. The third kappa shape index (κ3) is 6.52. The Morgan fingerprint density at radius 1 is 1.16 bits per heavy atom. The van der Waals surface area contributed by atoms with Crippen LogP contribution < -0.4 is 4.74 Å². The highest BCUT2D eigenvalue weighted by Gasteiger charge is 2.36. The molecule has 3 rings (SSSR count). The molecule has 32 heavy (non-hydrogen) atoms. The van der Waals surface area contributed by atoms with Gasteiger partial charge in [0.05, 0.1) is 18.1 Å². The lowest BCUT2D eigenvalue weighted by Crippen LogP contribution is -2.50. The van der Waals surface area contributed by atoms with Crippen molar-refractivity contribution in [1.29, 1.82) is 5.26 Å². The van der Waals surface area contributed by atoms with E-state index in [-0.39, 0.29) is 11.5 Å². The van der Waals surface area contributed by atoms with Crippen molar-refractivity contribution in [1.82, 2.24) is 14.8 Å². The molecule has 1 saturated heterocycles. The van der Waals surface area contributed by atoms with Crippen LogP contribution in [0.1, 0.15) is 31.6 Å². The summed E-state index contributed by atoms with van der Waals surface area (Å²) in [6.45, 7) is 10.9. The fourth-order valence-corrected chi connectivity index (χ4v) is 5.49. The molecule has 2 atom stereocenters. The normalized spacial score (nSPS) is 18.2. The van der Waals surface area contributed by atoms with Gasteiger partial charge in [0, 0.05) is 57.0 Å². The average Bonchev–Trinajstić information content (AvgIpc) is 3.34. The van der Waals surface area contributed by atoms with Crippen LogP contribution in [0.4, 0.5) is 0 Å². The van der Waals surface area contributed by atoms with E-state index in [1.54, 1.807) is 24.6 Å². The SMILES string of the molecule is COC[C@H](CN1CCN(CCCC(C#N)(c2cccs2)C(C)C)CC1)Oc1ccccn1. The minimum Gasteiger partial charge on any atom is -0.471 e. The van der Waals surface area contributed by atoms with Crippen LogP contribution in [-0.2, 0) is 10.2 Å². The second-order valence-electron chi connectivity index (χ2n) is 8.82. The van der Waals surface area contributed by atoms with Gasteiger partial charge in [-0.15, -0.1) is 11.3 Å². The third-order valence-electron chi connectivity index (χ3n) is 6.40. The lowest BCUT2D eigenvalue weighted by molar-refractivity contribution is 0.0346. The summed E-state index contributed by atoms with van der Waals surface area (Å²) in [5.41, 5.74) is -0.369. The molecule has 1 aliphatic heterocycles. The average molecular weight is 457 g/mol. The number of pyridine rings is 1. The van der Waals surface area contributed by atoms with Crippen LogP contribution in [-0.4, -0.2) is 73.9 Å². The Bertz CT molecular complexity index is 816. The van der Waals surface area contributed by atoms with Gasteiger partial charge in [-0.25, -0.2) is 4.98 Å². The largest absolute Gasteiger partial charge is 0.471 e. The van der Waals surface area contributed by atoms with E-state index >= 15 is 0 Å². The van der Waals surface area contributed by atoms with E-state index in [4.69, 9.17) is 9.47 Å². The van der Waals surface area contributed by atoms with Crippen LogP contribution in [0.15, 0.2) is 41.9 Å². The first-order chi connectivity index (χ1) is 15.6. The van der Waals surface area contributed by atoms with Crippen LogP contribution in [0, 0.1) is 17.2 Å². The zero-order chi connectivity index (χ0) is 22.8. The number of ether oxygens (including phenoxy) is 2. The molecule has 6 nitrogen and oxygen atoms in total. The molecular weight excluding hydrogens is 420 g/mol. The Morgan fingerprint density at radius 2 is 1.94 bits per heavy atom.